The van der Waals surface area contributed by atoms with E-state index in [1.165, 1.54) is 128 Å². The highest BCUT2D eigenvalue weighted by Crippen LogP contribution is 2.25. The number of ether oxygens (including phenoxy) is 3. The smallest absolute Gasteiger partial charge is 0.407 e. The second kappa shape index (κ2) is 51.0. The Bertz CT molecular complexity index is 1120. The molecule has 4 unspecified atom stereocenters. The number of hydrogen-bond donors (Lipinski definition) is 1. The normalized spacial score (nSPS) is 13.4. The first kappa shape index (κ1) is 67.1. The molecule has 1 amide bonds. The Hall–Kier alpha value is -1.87. The maximum atomic E-state index is 13.8. The number of hydrogen-bond acceptors (Lipinski definition) is 8. The van der Waals surface area contributed by atoms with Gasteiger partial charge in [-0.05, 0) is 131 Å². The van der Waals surface area contributed by atoms with Crippen molar-refractivity contribution in [3.8, 4) is 0 Å². The van der Waals surface area contributed by atoms with Crippen molar-refractivity contribution >= 4 is 18.0 Å². The Kier molecular flexibility index (Phi) is 49.7. The van der Waals surface area contributed by atoms with E-state index in [4.69, 9.17) is 14.2 Å². The number of rotatable bonds is 53. The van der Waals surface area contributed by atoms with Gasteiger partial charge in [0.1, 0.15) is 12.2 Å². The van der Waals surface area contributed by atoms with Gasteiger partial charge in [0.15, 0.2) is 0 Å². The van der Waals surface area contributed by atoms with Crippen molar-refractivity contribution in [3.63, 3.8) is 0 Å². The zero-order valence-corrected chi connectivity index (χ0v) is 47.5. The second-order valence-corrected chi connectivity index (χ2v) is 21.7. The molecule has 4 atom stereocenters. The van der Waals surface area contributed by atoms with E-state index in [-0.39, 0.29) is 42.1 Å². The van der Waals surface area contributed by atoms with Crippen LogP contribution >= 0.6 is 0 Å². The number of nitrogens with zero attached hydrogens (tertiary/aromatic N) is 2. The summed E-state index contributed by atoms with van der Waals surface area (Å²) < 4.78 is 18.4. The highest BCUT2D eigenvalue weighted by atomic mass is 16.6. The highest BCUT2D eigenvalue weighted by molar-refractivity contribution is 5.73. The summed E-state index contributed by atoms with van der Waals surface area (Å²) in [6.45, 7) is 12.1. The van der Waals surface area contributed by atoms with Crippen LogP contribution in [0.1, 0.15) is 291 Å². The van der Waals surface area contributed by atoms with Crippen LogP contribution in [0.3, 0.4) is 0 Å². The molecule has 0 heterocycles. The van der Waals surface area contributed by atoms with Gasteiger partial charge >= 0.3 is 18.0 Å². The molecule has 0 saturated heterocycles. The molecule has 0 bridgehead atoms. The minimum Gasteiger partial charge on any atom is -0.465 e. The maximum absolute atomic E-state index is 13.8. The van der Waals surface area contributed by atoms with E-state index in [0.717, 1.165) is 148 Å². The minimum atomic E-state index is -0.314. The summed E-state index contributed by atoms with van der Waals surface area (Å²) in [5, 5.41) is 2.98. The summed E-state index contributed by atoms with van der Waals surface area (Å²) >= 11 is 0. The lowest BCUT2D eigenvalue weighted by Crippen LogP contribution is -2.31. The molecular formula is C60H119N3O6. The Morgan fingerprint density at radius 1 is 0.362 bits per heavy atom. The molecule has 0 aromatic rings. The largest absolute Gasteiger partial charge is 0.465 e. The second-order valence-electron chi connectivity index (χ2n) is 21.7. The number of carbonyl (C=O) groups excluding carboxylic acids is 3. The van der Waals surface area contributed by atoms with Crippen LogP contribution in [0.5, 0.6) is 0 Å². The lowest BCUT2D eigenvalue weighted by molar-refractivity contribution is -0.155. The molecule has 9 heteroatoms. The van der Waals surface area contributed by atoms with Crippen molar-refractivity contribution < 1.29 is 28.6 Å². The molecule has 9 nitrogen and oxygen atoms in total. The van der Waals surface area contributed by atoms with Crippen molar-refractivity contribution in [1.82, 2.24) is 15.1 Å². The van der Waals surface area contributed by atoms with Gasteiger partial charge in [0.2, 0.25) is 0 Å². The average molecular weight is 979 g/mol. The SMILES string of the molecule is CCCCCCCCCC(CCCCCCC)C(=O)OCCCCCCC(CCCCCC(CCCN(C)C)OC(=O)C(CCCCCCC)CCCCCCCCC)OC(=O)NCCCN(C)C. The van der Waals surface area contributed by atoms with Gasteiger partial charge in [0.25, 0.3) is 0 Å². The summed E-state index contributed by atoms with van der Waals surface area (Å²) in [6, 6.07) is 0. The molecule has 0 aliphatic heterocycles. The number of amides is 1. The molecule has 0 fully saturated rings. The first-order valence-corrected chi connectivity index (χ1v) is 30.2. The molecule has 0 radical (unpaired) electrons. The standard InChI is InChI=1S/C60H119N3O6/c1-9-13-17-21-23-27-34-43-54(42-32-25-19-15-11-3)58(64)67-53-39-30-29-36-47-57(69-60(66)61-50-41-52-63(7)8)48-38-31-37-46-56(49-40-51-62(5)6)68-59(65)55(44-33-26-20-16-12-4)45-35-28-24-22-18-14-10-2/h54-57H,9-53H2,1-8H3,(H,61,66). The molecule has 410 valence electrons. The zero-order chi connectivity index (χ0) is 50.8. The molecule has 0 saturated carbocycles. The van der Waals surface area contributed by atoms with Crippen LogP contribution in [0.15, 0.2) is 0 Å². The van der Waals surface area contributed by atoms with Crippen molar-refractivity contribution in [2.45, 2.75) is 303 Å². The van der Waals surface area contributed by atoms with Gasteiger partial charge in [-0.15, -0.1) is 0 Å². The van der Waals surface area contributed by atoms with Crippen molar-refractivity contribution in [2.75, 3.05) is 54.4 Å². The Balaban J connectivity index is 5.24. The van der Waals surface area contributed by atoms with Crippen molar-refractivity contribution in [1.29, 1.82) is 0 Å². The Morgan fingerprint density at radius 3 is 1.10 bits per heavy atom. The van der Waals surface area contributed by atoms with Crippen LogP contribution < -0.4 is 5.32 Å². The van der Waals surface area contributed by atoms with E-state index in [9.17, 15) is 14.4 Å². The number of nitrogens with one attached hydrogen (secondary N) is 1. The third-order valence-corrected chi connectivity index (χ3v) is 14.2. The van der Waals surface area contributed by atoms with Crippen LogP contribution in [0, 0.1) is 11.8 Å². The van der Waals surface area contributed by atoms with Gasteiger partial charge in [0.05, 0.1) is 18.4 Å². The third-order valence-electron chi connectivity index (χ3n) is 14.2. The van der Waals surface area contributed by atoms with E-state index in [0.29, 0.717) is 13.2 Å². The van der Waals surface area contributed by atoms with Gasteiger partial charge in [-0.25, -0.2) is 4.79 Å². The van der Waals surface area contributed by atoms with Crippen LogP contribution in [0.2, 0.25) is 0 Å². The fourth-order valence-corrected chi connectivity index (χ4v) is 9.68. The van der Waals surface area contributed by atoms with E-state index < -0.39 is 0 Å². The number of unbranched alkanes of at least 4 members (excludes halogenated alkanes) is 25. The number of alkyl carbamates (subject to hydrolysis) is 1. The lowest BCUT2D eigenvalue weighted by Gasteiger charge is -2.23. The third kappa shape index (κ3) is 45.7. The predicted octanol–water partition coefficient (Wildman–Crippen LogP) is 17.0. The quantitative estimate of drug-likeness (QED) is 0.0366. The summed E-state index contributed by atoms with van der Waals surface area (Å²) in [5.74, 6) is 0.138. The van der Waals surface area contributed by atoms with Gasteiger partial charge in [0, 0.05) is 6.54 Å². The molecule has 0 aromatic carbocycles. The topological polar surface area (TPSA) is 97.4 Å². The average Bonchev–Trinajstić information content (AvgIpc) is 3.32. The fourth-order valence-electron chi connectivity index (χ4n) is 9.68. The minimum absolute atomic E-state index is 0.0207. The van der Waals surface area contributed by atoms with Crippen LogP contribution in [-0.4, -0.2) is 94.5 Å². The van der Waals surface area contributed by atoms with Gasteiger partial charge in [-0.1, -0.05) is 201 Å². The molecule has 0 spiro atoms. The number of carbonyl (C=O) groups is 3. The maximum Gasteiger partial charge on any atom is 0.407 e. The summed E-state index contributed by atoms with van der Waals surface area (Å²) in [5.41, 5.74) is 0. The first-order valence-electron chi connectivity index (χ1n) is 30.2. The van der Waals surface area contributed by atoms with Crippen molar-refractivity contribution in [2.24, 2.45) is 11.8 Å². The monoisotopic (exact) mass is 978 g/mol. The van der Waals surface area contributed by atoms with E-state index >= 15 is 0 Å². The molecule has 1 N–H and O–H groups in total. The molecule has 0 rings (SSSR count). The molecule has 0 aromatic heterocycles. The number of esters is 2. The summed E-state index contributed by atoms with van der Waals surface area (Å²) in [6.07, 6.45) is 45.6. The van der Waals surface area contributed by atoms with Gasteiger partial charge in [-0.2, -0.15) is 0 Å². The molecular weight excluding hydrogens is 859 g/mol. The zero-order valence-electron chi connectivity index (χ0n) is 47.5. The van der Waals surface area contributed by atoms with E-state index in [1.54, 1.807) is 0 Å². The summed E-state index contributed by atoms with van der Waals surface area (Å²) in [7, 11) is 8.32. The first-order chi connectivity index (χ1) is 33.6. The van der Waals surface area contributed by atoms with Crippen LogP contribution in [-0.2, 0) is 23.8 Å². The molecule has 69 heavy (non-hydrogen) atoms. The van der Waals surface area contributed by atoms with E-state index in [2.05, 4.69) is 56.9 Å². The predicted molar refractivity (Wildman–Crippen MR) is 295 cm³/mol. The summed E-state index contributed by atoms with van der Waals surface area (Å²) in [4.78, 5) is 44.4. The van der Waals surface area contributed by atoms with Crippen LogP contribution in [0.4, 0.5) is 4.79 Å². The lowest BCUT2D eigenvalue weighted by atomic mass is 9.94. The van der Waals surface area contributed by atoms with Crippen LogP contribution in [0.25, 0.3) is 0 Å². The fraction of sp³-hybridized carbons (Fsp3) is 0.950. The van der Waals surface area contributed by atoms with Crippen molar-refractivity contribution in [3.05, 3.63) is 0 Å². The highest BCUT2D eigenvalue weighted by Gasteiger charge is 2.24. The van der Waals surface area contributed by atoms with Gasteiger partial charge in [-0.3, -0.25) is 9.59 Å². The Labute approximate surface area is 429 Å². The molecule has 0 aliphatic carbocycles. The molecule has 0 aliphatic rings. The van der Waals surface area contributed by atoms with Gasteiger partial charge < -0.3 is 29.3 Å². The Morgan fingerprint density at radius 2 is 0.681 bits per heavy atom. The van der Waals surface area contributed by atoms with E-state index in [1.807, 2.05) is 14.1 Å².